The Labute approximate surface area is 163 Å². The van der Waals surface area contributed by atoms with Crippen LogP contribution in [0.5, 0.6) is 5.75 Å². The predicted octanol–water partition coefficient (Wildman–Crippen LogP) is 2.07. The van der Waals surface area contributed by atoms with Crippen LogP contribution in [0.2, 0.25) is 0 Å². The first kappa shape index (κ1) is 20.5. The van der Waals surface area contributed by atoms with E-state index in [1.54, 1.807) is 12.1 Å². The number of sulfonamides is 1. The van der Waals surface area contributed by atoms with E-state index in [1.165, 1.54) is 31.4 Å². The molecule has 6 nitrogen and oxygen atoms in total. The van der Waals surface area contributed by atoms with E-state index in [0.717, 1.165) is 37.9 Å². The van der Waals surface area contributed by atoms with Crippen molar-refractivity contribution in [2.75, 3.05) is 51.3 Å². The second-order valence-electron chi connectivity index (χ2n) is 6.50. The minimum atomic E-state index is -3.78. The van der Waals surface area contributed by atoms with Crippen molar-refractivity contribution >= 4 is 15.7 Å². The van der Waals surface area contributed by atoms with E-state index in [-0.39, 0.29) is 23.0 Å². The van der Waals surface area contributed by atoms with E-state index in [4.69, 9.17) is 4.74 Å². The first-order valence-electron chi connectivity index (χ1n) is 8.95. The maximum Gasteiger partial charge on any atom is 0.240 e. The fraction of sp³-hybridized carbons (Fsp3) is 0.368. The van der Waals surface area contributed by atoms with Crippen molar-refractivity contribution in [2.24, 2.45) is 0 Å². The summed E-state index contributed by atoms with van der Waals surface area (Å²) < 4.78 is 58.7. The van der Waals surface area contributed by atoms with Gasteiger partial charge in [0.1, 0.15) is 5.82 Å². The molecule has 2 aromatic rings. The second kappa shape index (κ2) is 8.85. The lowest BCUT2D eigenvalue weighted by atomic mass is 10.2. The van der Waals surface area contributed by atoms with E-state index in [0.29, 0.717) is 6.54 Å². The Morgan fingerprint density at radius 3 is 2.32 bits per heavy atom. The number of halogens is 2. The fourth-order valence-electron chi connectivity index (χ4n) is 3.12. The minimum Gasteiger partial charge on any atom is -0.494 e. The number of hydrogen-bond donors (Lipinski definition) is 1. The van der Waals surface area contributed by atoms with Gasteiger partial charge in [0.2, 0.25) is 10.0 Å². The standard InChI is InChI=1S/C19H23F2N3O3S/c1-27-19-7-6-17(14-18(19)21)28(25,26)22-8-9-23-10-12-24(13-11-23)16-4-2-15(20)3-5-16/h2-7,14,22H,8-13H2,1H3. The molecule has 1 saturated heterocycles. The number of benzene rings is 2. The van der Waals surface area contributed by atoms with E-state index < -0.39 is 15.8 Å². The smallest absolute Gasteiger partial charge is 0.240 e. The lowest BCUT2D eigenvalue weighted by Crippen LogP contribution is -2.48. The summed E-state index contributed by atoms with van der Waals surface area (Å²) in [4.78, 5) is 4.18. The Kier molecular flexibility index (Phi) is 6.48. The molecule has 0 amide bonds. The van der Waals surface area contributed by atoms with E-state index in [2.05, 4.69) is 14.5 Å². The number of piperazine rings is 1. The number of hydrogen-bond acceptors (Lipinski definition) is 5. The highest BCUT2D eigenvalue weighted by atomic mass is 32.2. The summed E-state index contributed by atoms with van der Waals surface area (Å²) in [6, 6.07) is 9.95. The quantitative estimate of drug-likeness (QED) is 0.756. The SMILES string of the molecule is COc1ccc(S(=O)(=O)NCCN2CCN(c3ccc(F)cc3)CC2)cc1F. The van der Waals surface area contributed by atoms with Gasteiger partial charge in [0.15, 0.2) is 11.6 Å². The zero-order valence-electron chi connectivity index (χ0n) is 15.6. The van der Waals surface area contributed by atoms with Gasteiger partial charge in [-0.15, -0.1) is 0 Å². The van der Waals surface area contributed by atoms with Gasteiger partial charge in [-0.05, 0) is 42.5 Å². The van der Waals surface area contributed by atoms with Crippen LogP contribution in [0.25, 0.3) is 0 Å². The molecule has 1 aliphatic rings. The molecule has 0 aromatic heterocycles. The maximum atomic E-state index is 13.7. The van der Waals surface area contributed by atoms with Crippen molar-refractivity contribution in [1.82, 2.24) is 9.62 Å². The van der Waals surface area contributed by atoms with Crippen molar-refractivity contribution in [3.8, 4) is 5.75 Å². The highest BCUT2D eigenvalue weighted by Crippen LogP contribution is 2.20. The summed E-state index contributed by atoms with van der Waals surface area (Å²) in [5.74, 6) is -0.980. The molecule has 152 valence electrons. The van der Waals surface area contributed by atoms with Crippen LogP contribution < -0.4 is 14.4 Å². The van der Waals surface area contributed by atoms with Gasteiger partial charge >= 0.3 is 0 Å². The topological polar surface area (TPSA) is 61.9 Å². The zero-order chi connectivity index (χ0) is 20.1. The van der Waals surface area contributed by atoms with Crippen LogP contribution in [-0.4, -0.2) is 59.7 Å². The van der Waals surface area contributed by atoms with Gasteiger partial charge in [-0.25, -0.2) is 21.9 Å². The Bertz CT molecular complexity index is 899. The molecule has 1 fully saturated rings. The van der Waals surface area contributed by atoms with Crippen LogP contribution in [0.4, 0.5) is 14.5 Å². The molecule has 0 spiro atoms. The molecule has 1 heterocycles. The van der Waals surface area contributed by atoms with Crippen LogP contribution in [0.15, 0.2) is 47.4 Å². The molecule has 1 aliphatic heterocycles. The molecule has 0 unspecified atom stereocenters. The maximum absolute atomic E-state index is 13.7. The lowest BCUT2D eigenvalue weighted by molar-refractivity contribution is 0.262. The number of anilines is 1. The summed E-state index contributed by atoms with van der Waals surface area (Å²) in [6.07, 6.45) is 0. The van der Waals surface area contributed by atoms with Crippen LogP contribution in [0, 0.1) is 11.6 Å². The first-order chi connectivity index (χ1) is 13.4. The molecular formula is C19H23F2N3O3S. The minimum absolute atomic E-state index is 0.00187. The second-order valence-corrected chi connectivity index (χ2v) is 8.27. The van der Waals surface area contributed by atoms with Gasteiger partial charge in [0.05, 0.1) is 12.0 Å². The van der Waals surface area contributed by atoms with Gasteiger partial charge in [0.25, 0.3) is 0 Å². The van der Waals surface area contributed by atoms with Gasteiger partial charge in [-0.3, -0.25) is 4.90 Å². The normalized spacial score (nSPS) is 15.6. The fourth-order valence-corrected chi connectivity index (χ4v) is 4.15. The number of nitrogens with one attached hydrogen (secondary N) is 1. The summed E-state index contributed by atoms with van der Waals surface area (Å²) in [7, 11) is -2.46. The Morgan fingerprint density at radius 2 is 1.71 bits per heavy atom. The molecule has 3 rings (SSSR count). The van der Waals surface area contributed by atoms with Crippen molar-refractivity contribution in [2.45, 2.75) is 4.90 Å². The van der Waals surface area contributed by atoms with Crippen molar-refractivity contribution < 1.29 is 21.9 Å². The molecule has 1 N–H and O–H groups in total. The first-order valence-corrected chi connectivity index (χ1v) is 10.4. The van der Waals surface area contributed by atoms with Gasteiger partial charge in [-0.2, -0.15) is 0 Å². The lowest BCUT2D eigenvalue weighted by Gasteiger charge is -2.36. The predicted molar refractivity (Wildman–Crippen MR) is 103 cm³/mol. The molecule has 0 aliphatic carbocycles. The molecular weight excluding hydrogens is 388 g/mol. The number of nitrogens with zero attached hydrogens (tertiary/aromatic N) is 2. The summed E-state index contributed by atoms with van der Waals surface area (Å²) >= 11 is 0. The molecule has 0 atom stereocenters. The third-order valence-electron chi connectivity index (χ3n) is 4.72. The van der Waals surface area contributed by atoms with E-state index in [1.807, 2.05) is 0 Å². The molecule has 9 heteroatoms. The zero-order valence-corrected chi connectivity index (χ0v) is 16.4. The van der Waals surface area contributed by atoms with Gasteiger partial charge in [0, 0.05) is 45.0 Å². The van der Waals surface area contributed by atoms with E-state index >= 15 is 0 Å². The molecule has 0 bridgehead atoms. The number of methoxy groups -OCH3 is 1. The number of ether oxygens (including phenoxy) is 1. The summed E-state index contributed by atoms with van der Waals surface area (Å²) in [5.41, 5.74) is 0.975. The van der Waals surface area contributed by atoms with Crippen LogP contribution in [0.1, 0.15) is 0 Å². The summed E-state index contributed by atoms with van der Waals surface area (Å²) in [5, 5.41) is 0. The molecule has 28 heavy (non-hydrogen) atoms. The Balaban J connectivity index is 1.47. The van der Waals surface area contributed by atoms with Crippen molar-refractivity contribution in [3.05, 3.63) is 54.1 Å². The Hall–Kier alpha value is -2.23. The van der Waals surface area contributed by atoms with Crippen LogP contribution in [0.3, 0.4) is 0 Å². The largest absolute Gasteiger partial charge is 0.494 e. The summed E-state index contributed by atoms with van der Waals surface area (Å²) in [6.45, 7) is 3.89. The third-order valence-corrected chi connectivity index (χ3v) is 6.18. The van der Waals surface area contributed by atoms with Crippen LogP contribution in [-0.2, 0) is 10.0 Å². The average Bonchev–Trinajstić information content (AvgIpc) is 2.69. The molecule has 0 radical (unpaired) electrons. The monoisotopic (exact) mass is 411 g/mol. The highest BCUT2D eigenvalue weighted by molar-refractivity contribution is 7.89. The third kappa shape index (κ3) is 4.98. The van der Waals surface area contributed by atoms with Crippen molar-refractivity contribution in [3.63, 3.8) is 0 Å². The van der Waals surface area contributed by atoms with Crippen LogP contribution >= 0.6 is 0 Å². The Morgan fingerprint density at radius 1 is 1.04 bits per heavy atom. The van der Waals surface area contributed by atoms with E-state index in [9.17, 15) is 17.2 Å². The average molecular weight is 411 g/mol. The molecule has 0 saturated carbocycles. The van der Waals surface area contributed by atoms with Crippen molar-refractivity contribution in [1.29, 1.82) is 0 Å². The van der Waals surface area contributed by atoms with Gasteiger partial charge in [-0.1, -0.05) is 0 Å². The van der Waals surface area contributed by atoms with Gasteiger partial charge < -0.3 is 9.64 Å². The number of rotatable bonds is 7. The molecule has 2 aromatic carbocycles. The highest BCUT2D eigenvalue weighted by Gasteiger charge is 2.19.